The van der Waals surface area contributed by atoms with E-state index in [0.29, 0.717) is 11.6 Å². The van der Waals surface area contributed by atoms with E-state index in [0.717, 1.165) is 36.5 Å². The molecule has 0 unspecified atom stereocenters. The molecule has 2 aliphatic rings. The standard InChI is InChI=1S/C29H35N3O2S/c1-19-10-11-24(34-25-16-30-17-25)15-27(19)29(33)32-20(2)21-6-5-7-22(14-21)28-13-12-26(35-28)18-31-23-8-3-4-9-23/h5-7,10-15,20,23,25,30-31H,3-4,8-9,16-18H2,1-2H3,(H,32,33)/t20-/m1/s1. The third-order valence-corrected chi connectivity index (χ3v) is 8.24. The number of amides is 1. The van der Waals surface area contributed by atoms with Crippen LogP contribution in [0.2, 0.25) is 0 Å². The summed E-state index contributed by atoms with van der Waals surface area (Å²) in [6.45, 7) is 6.65. The highest BCUT2D eigenvalue weighted by molar-refractivity contribution is 7.15. The van der Waals surface area contributed by atoms with Gasteiger partial charge in [0.1, 0.15) is 11.9 Å². The second-order valence-corrected chi connectivity index (χ2v) is 11.0. The lowest BCUT2D eigenvalue weighted by Crippen LogP contribution is -2.50. The first-order valence-electron chi connectivity index (χ1n) is 12.8. The largest absolute Gasteiger partial charge is 0.488 e. The number of aryl methyl sites for hydroxylation is 1. The Balaban J connectivity index is 1.23. The zero-order valence-electron chi connectivity index (χ0n) is 20.6. The van der Waals surface area contributed by atoms with Crippen LogP contribution in [-0.4, -0.2) is 31.1 Å². The molecule has 1 aliphatic carbocycles. The van der Waals surface area contributed by atoms with Gasteiger partial charge in [0, 0.05) is 41.0 Å². The summed E-state index contributed by atoms with van der Waals surface area (Å²) in [5.74, 6) is 0.673. The Morgan fingerprint density at radius 3 is 2.71 bits per heavy atom. The molecule has 184 valence electrons. The molecule has 0 spiro atoms. The molecule has 2 fully saturated rings. The number of carbonyl (C=O) groups excluding carboxylic acids is 1. The Hall–Kier alpha value is -2.67. The SMILES string of the molecule is Cc1ccc(OC2CNC2)cc1C(=O)N[C@H](C)c1cccc(-c2ccc(CNC3CCCC3)s2)c1. The van der Waals surface area contributed by atoms with Crippen LogP contribution in [0.1, 0.15) is 65.0 Å². The van der Waals surface area contributed by atoms with Gasteiger partial charge in [-0.15, -0.1) is 11.3 Å². The van der Waals surface area contributed by atoms with E-state index < -0.39 is 0 Å². The molecule has 6 heteroatoms. The van der Waals surface area contributed by atoms with Crippen LogP contribution in [0.4, 0.5) is 0 Å². The van der Waals surface area contributed by atoms with Crippen molar-refractivity contribution in [3.8, 4) is 16.2 Å². The molecule has 1 amide bonds. The van der Waals surface area contributed by atoms with E-state index in [1.54, 1.807) is 0 Å². The highest BCUT2D eigenvalue weighted by Crippen LogP contribution is 2.30. The Bertz CT molecular complexity index is 1160. The lowest BCUT2D eigenvalue weighted by atomic mass is 10.0. The summed E-state index contributed by atoms with van der Waals surface area (Å²) < 4.78 is 5.95. The molecule has 1 atom stereocenters. The first-order valence-corrected chi connectivity index (χ1v) is 13.6. The molecule has 3 aromatic rings. The second kappa shape index (κ2) is 10.9. The lowest BCUT2D eigenvalue weighted by Gasteiger charge is -2.28. The third kappa shape index (κ3) is 5.95. The Morgan fingerprint density at radius 2 is 1.94 bits per heavy atom. The molecule has 3 N–H and O–H groups in total. The normalized spacial score (nSPS) is 17.2. The second-order valence-electron chi connectivity index (χ2n) is 9.82. The van der Waals surface area contributed by atoms with E-state index >= 15 is 0 Å². The maximum absolute atomic E-state index is 13.1. The fourth-order valence-corrected chi connectivity index (χ4v) is 5.73. The minimum atomic E-state index is -0.106. The molecule has 5 nitrogen and oxygen atoms in total. The van der Waals surface area contributed by atoms with Crippen molar-refractivity contribution in [3.63, 3.8) is 0 Å². The minimum Gasteiger partial charge on any atom is -0.488 e. The van der Waals surface area contributed by atoms with Gasteiger partial charge in [-0.05, 0) is 73.7 Å². The fourth-order valence-electron chi connectivity index (χ4n) is 4.78. The van der Waals surface area contributed by atoms with Crippen molar-refractivity contribution in [1.29, 1.82) is 0 Å². The van der Waals surface area contributed by atoms with Gasteiger partial charge in [0.25, 0.3) is 5.91 Å². The molecule has 2 heterocycles. The van der Waals surface area contributed by atoms with Crippen LogP contribution in [0.15, 0.2) is 54.6 Å². The number of hydrogen-bond donors (Lipinski definition) is 3. The summed E-state index contributed by atoms with van der Waals surface area (Å²) in [7, 11) is 0. The number of hydrogen-bond acceptors (Lipinski definition) is 5. The molecule has 1 aliphatic heterocycles. The number of carbonyl (C=O) groups is 1. The maximum Gasteiger partial charge on any atom is 0.252 e. The average molecular weight is 490 g/mol. The molecule has 5 rings (SSSR count). The van der Waals surface area contributed by atoms with Gasteiger partial charge in [0.15, 0.2) is 0 Å². The number of ether oxygens (including phenoxy) is 1. The summed E-state index contributed by atoms with van der Waals surface area (Å²) in [6.07, 6.45) is 5.50. The van der Waals surface area contributed by atoms with Crippen molar-refractivity contribution in [1.82, 2.24) is 16.0 Å². The van der Waals surface area contributed by atoms with Gasteiger partial charge in [-0.1, -0.05) is 37.1 Å². The number of benzene rings is 2. The summed E-state index contributed by atoms with van der Waals surface area (Å²) in [4.78, 5) is 15.8. The van der Waals surface area contributed by atoms with Crippen LogP contribution >= 0.6 is 11.3 Å². The first-order chi connectivity index (χ1) is 17.0. The molecule has 1 aromatic heterocycles. The van der Waals surface area contributed by atoms with Crippen LogP contribution in [0.3, 0.4) is 0 Å². The minimum absolute atomic E-state index is 0.0750. The first kappa shape index (κ1) is 24.0. The summed E-state index contributed by atoms with van der Waals surface area (Å²) in [5.41, 5.74) is 3.90. The number of nitrogens with one attached hydrogen (secondary N) is 3. The van der Waals surface area contributed by atoms with Crippen molar-refractivity contribution >= 4 is 17.2 Å². The van der Waals surface area contributed by atoms with Crippen molar-refractivity contribution < 1.29 is 9.53 Å². The number of thiophene rings is 1. The molecular formula is C29H35N3O2S. The van der Waals surface area contributed by atoms with Crippen LogP contribution < -0.4 is 20.7 Å². The maximum atomic E-state index is 13.1. The van der Waals surface area contributed by atoms with Gasteiger partial charge in [-0.25, -0.2) is 0 Å². The van der Waals surface area contributed by atoms with E-state index in [2.05, 4.69) is 52.3 Å². The van der Waals surface area contributed by atoms with Crippen LogP contribution in [0, 0.1) is 6.92 Å². The predicted octanol–water partition coefficient (Wildman–Crippen LogP) is 5.60. The summed E-state index contributed by atoms with van der Waals surface area (Å²) in [5, 5.41) is 10.1. The van der Waals surface area contributed by atoms with E-state index in [1.165, 1.54) is 41.0 Å². The molecular weight excluding hydrogens is 454 g/mol. The van der Waals surface area contributed by atoms with Gasteiger partial charge in [0.2, 0.25) is 0 Å². The van der Waals surface area contributed by atoms with E-state index in [1.807, 2.05) is 43.4 Å². The Labute approximate surface area is 212 Å². The third-order valence-electron chi connectivity index (χ3n) is 7.10. The quantitative estimate of drug-likeness (QED) is 0.366. The van der Waals surface area contributed by atoms with Crippen LogP contribution in [0.5, 0.6) is 5.75 Å². The van der Waals surface area contributed by atoms with Crippen LogP contribution in [-0.2, 0) is 6.54 Å². The van der Waals surface area contributed by atoms with Crippen LogP contribution in [0.25, 0.3) is 10.4 Å². The topological polar surface area (TPSA) is 62.4 Å². The van der Waals surface area contributed by atoms with Crippen molar-refractivity contribution in [2.75, 3.05) is 13.1 Å². The molecule has 1 saturated carbocycles. The molecule has 0 radical (unpaired) electrons. The van der Waals surface area contributed by atoms with Gasteiger partial charge in [-0.2, -0.15) is 0 Å². The number of rotatable bonds is 9. The van der Waals surface area contributed by atoms with E-state index in [9.17, 15) is 4.79 Å². The fraction of sp³-hybridized carbons (Fsp3) is 0.414. The zero-order valence-corrected chi connectivity index (χ0v) is 21.4. The highest BCUT2D eigenvalue weighted by atomic mass is 32.1. The zero-order chi connectivity index (χ0) is 24.2. The lowest BCUT2D eigenvalue weighted by molar-refractivity contribution is 0.0937. The van der Waals surface area contributed by atoms with E-state index in [4.69, 9.17) is 4.74 Å². The van der Waals surface area contributed by atoms with Gasteiger partial charge in [-0.3, -0.25) is 4.79 Å². The van der Waals surface area contributed by atoms with Crippen molar-refractivity contribution in [3.05, 3.63) is 76.2 Å². The van der Waals surface area contributed by atoms with E-state index in [-0.39, 0.29) is 18.1 Å². The smallest absolute Gasteiger partial charge is 0.252 e. The molecule has 0 bridgehead atoms. The molecule has 1 saturated heterocycles. The average Bonchev–Trinajstić information content (AvgIpc) is 3.53. The van der Waals surface area contributed by atoms with Gasteiger partial charge in [0.05, 0.1) is 6.04 Å². The Morgan fingerprint density at radius 1 is 1.11 bits per heavy atom. The Kier molecular flexibility index (Phi) is 7.51. The van der Waals surface area contributed by atoms with Gasteiger partial charge >= 0.3 is 0 Å². The monoisotopic (exact) mass is 489 g/mol. The molecule has 2 aromatic carbocycles. The van der Waals surface area contributed by atoms with Crippen molar-refractivity contribution in [2.45, 2.75) is 64.3 Å². The molecule has 35 heavy (non-hydrogen) atoms. The summed E-state index contributed by atoms with van der Waals surface area (Å²) >= 11 is 1.85. The van der Waals surface area contributed by atoms with Gasteiger partial charge < -0.3 is 20.7 Å². The highest BCUT2D eigenvalue weighted by Gasteiger charge is 2.20. The van der Waals surface area contributed by atoms with Crippen molar-refractivity contribution in [2.24, 2.45) is 0 Å². The summed E-state index contributed by atoms with van der Waals surface area (Å²) in [6, 6.07) is 19.3. The predicted molar refractivity (Wildman–Crippen MR) is 143 cm³/mol.